The molecule has 16 nitrogen and oxygen atoms in total. The van der Waals surface area contributed by atoms with E-state index in [-0.39, 0.29) is 30.8 Å². The van der Waals surface area contributed by atoms with Crippen molar-refractivity contribution in [2.75, 3.05) is 125 Å². The average molecular weight is 1030 g/mol. The Bertz CT molecular complexity index is 2580. The van der Waals surface area contributed by atoms with Crippen LogP contribution in [0.1, 0.15) is 77.9 Å². The molecule has 3 unspecified atom stereocenters. The summed E-state index contributed by atoms with van der Waals surface area (Å²) in [5.41, 5.74) is 7.63. The summed E-state index contributed by atoms with van der Waals surface area (Å²) in [4.78, 5) is 25.7. The molecule has 402 valence electrons. The summed E-state index contributed by atoms with van der Waals surface area (Å²) in [5, 5.41) is 0. The molecule has 0 fully saturated rings. The molecule has 0 saturated carbocycles. The number of rotatable bonds is 27. The summed E-state index contributed by atoms with van der Waals surface area (Å²) in [7, 11) is 20.7. The van der Waals surface area contributed by atoms with Gasteiger partial charge in [0.2, 0.25) is 11.5 Å². The number of likely N-dealkylation sites (N-methyl/N-ethyl adjacent to an activating group) is 2. The minimum Gasteiger partial charge on any atom is -0.493 e. The molecule has 0 aromatic heterocycles. The van der Waals surface area contributed by atoms with Crippen molar-refractivity contribution in [3.63, 3.8) is 0 Å². The molecule has 74 heavy (non-hydrogen) atoms. The highest BCUT2D eigenvalue weighted by molar-refractivity contribution is 5.82. The molecule has 0 aliphatic carbocycles. The molecule has 0 amide bonds. The minimum absolute atomic E-state index is 0.0531. The summed E-state index contributed by atoms with van der Waals surface area (Å²) in [6.45, 7) is 3.84. The Morgan fingerprint density at radius 1 is 0.527 bits per heavy atom. The molecule has 0 spiro atoms. The predicted octanol–water partition coefficient (Wildman–Crippen LogP) is 9.24. The maximum absolute atomic E-state index is 12.8. The molecular formula is C58H78N2O14+2. The van der Waals surface area contributed by atoms with E-state index in [1.807, 2.05) is 42.5 Å². The van der Waals surface area contributed by atoms with Crippen LogP contribution in [0.2, 0.25) is 0 Å². The highest BCUT2D eigenvalue weighted by Crippen LogP contribution is 2.46. The first kappa shape index (κ1) is 56.5. The molecule has 4 aromatic rings. The van der Waals surface area contributed by atoms with Crippen molar-refractivity contribution in [3.05, 3.63) is 94.1 Å². The first-order valence-electron chi connectivity index (χ1n) is 25.2. The Morgan fingerprint density at radius 2 is 0.986 bits per heavy atom. The standard InChI is InChI=1S/C58H78N2O14/c1-59(25-21-41-35-47(63-3)49(65-5)37-43(41)45(59)29-39-31-51(67-7)57(71-11)52(32-39)68-8)23-17-27-73-55(61)19-15-13-14-16-20-56(62)74-28-18-24-60(2)26-22-42-36-48(64-4)50(66-6)38-44(42)46(60)30-40-33-53(69-9)58(72-12)54(34-40)70-10/h13-14,29,31-38,46H,15-28,30H2,1-12H3/q+2. The van der Waals surface area contributed by atoms with Gasteiger partial charge in [0.15, 0.2) is 46.0 Å². The Hall–Kier alpha value is -6.78. The van der Waals surface area contributed by atoms with Gasteiger partial charge >= 0.3 is 11.9 Å². The second-order valence-corrected chi connectivity index (χ2v) is 19.0. The maximum Gasteiger partial charge on any atom is 0.306 e. The number of ether oxygens (including phenoxy) is 12. The van der Waals surface area contributed by atoms with E-state index >= 15 is 0 Å². The van der Waals surface area contributed by atoms with Crippen LogP contribution in [-0.4, -0.2) is 145 Å². The van der Waals surface area contributed by atoms with Gasteiger partial charge in [-0.15, -0.1) is 0 Å². The zero-order chi connectivity index (χ0) is 53.4. The molecule has 2 heterocycles. The van der Waals surface area contributed by atoms with Gasteiger partial charge in [-0.2, -0.15) is 0 Å². The lowest BCUT2D eigenvalue weighted by atomic mass is 9.86. The Labute approximate surface area is 437 Å². The second-order valence-electron chi connectivity index (χ2n) is 19.0. The van der Waals surface area contributed by atoms with Gasteiger partial charge in [0.1, 0.15) is 11.7 Å². The third-order valence-electron chi connectivity index (χ3n) is 14.5. The van der Waals surface area contributed by atoms with Gasteiger partial charge in [-0.05, 0) is 83.6 Å². The normalized spacial score (nSPS) is 18.4. The molecule has 4 aromatic carbocycles. The number of nitrogens with zero attached hydrogens (tertiary/aromatic N) is 2. The van der Waals surface area contributed by atoms with E-state index in [0.29, 0.717) is 107 Å². The molecule has 6 rings (SSSR count). The molecule has 3 atom stereocenters. The van der Waals surface area contributed by atoms with Crippen molar-refractivity contribution < 1.29 is 75.4 Å². The van der Waals surface area contributed by atoms with Crippen LogP contribution >= 0.6 is 0 Å². The van der Waals surface area contributed by atoms with Gasteiger partial charge in [0, 0.05) is 62.1 Å². The van der Waals surface area contributed by atoms with E-state index in [4.69, 9.17) is 56.8 Å². The van der Waals surface area contributed by atoms with Crippen LogP contribution in [0.5, 0.6) is 57.5 Å². The van der Waals surface area contributed by atoms with Crippen molar-refractivity contribution in [2.45, 2.75) is 63.8 Å². The summed E-state index contributed by atoms with van der Waals surface area (Å²) >= 11 is 0. The summed E-state index contributed by atoms with van der Waals surface area (Å²) in [5.74, 6) is 5.60. The lowest BCUT2D eigenvalue weighted by Crippen LogP contribution is -2.52. The molecule has 0 bridgehead atoms. The third kappa shape index (κ3) is 13.3. The van der Waals surface area contributed by atoms with Gasteiger partial charge in [0.05, 0.1) is 125 Å². The molecule has 2 aliphatic rings. The number of hydrogen-bond acceptors (Lipinski definition) is 14. The monoisotopic (exact) mass is 1030 g/mol. The third-order valence-corrected chi connectivity index (χ3v) is 14.5. The zero-order valence-electron chi connectivity index (χ0n) is 45.6. The fourth-order valence-corrected chi connectivity index (χ4v) is 10.4. The van der Waals surface area contributed by atoms with Crippen LogP contribution in [0.3, 0.4) is 0 Å². The van der Waals surface area contributed by atoms with Crippen molar-refractivity contribution in [3.8, 4) is 57.5 Å². The summed E-state index contributed by atoms with van der Waals surface area (Å²) in [6.07, 6.45) is 11.3. The summed E-state index contributed by atoms with van der Waals surface area (Å²) < 4.78 is 69.5. The Kier molecular flexibility index (Phi) is 20.2. The first-order chi connectivity index (χ1) is 35.7. The zero-order valence-corrected chi connectivity index (χ0v) is 45.6. The minimum atomic E-state index is -0.260. The number of quaternary nitrogens is 2. The highest BCUT2D eigenvalue weighted by Gasteiger charge is 2.41. The van der Waals surface area contributed by atoms with Crippen LogP contribution in [0.25, 0.3) is 11.8 Å². The molecule has 2 aliphatic heterocycles. The molecular weight excluding hydrogens is 949 g/mol. The van der Waals surface area contributed by atoms with Crippen molar-refractivity contribution >= 4 is 23.7 Å². The second kappa shape index (κ2) is 26.4. The lowest BCUT2D eigenvalue weighted by Gasteiger charge is -2.46. The van der Waals surface area contributed by atoms with Crippen LogP contribution in [-0.2, 0) is 38.3 Å². The highest BCUT2D eigenvalue weighted by atomic mass is 16.6. The smallest absolute Gasteiger partial charge is 0.306 e. The number of methoxy groups -OCH3 is 10. The van der Waals surface area contributed by atoms with E-state index in [2.05, 4.69) is 38.4 Å². The van der Waals surface area contributed by atoms with Gasteiger partial charge in [-0.1, -0.05) is 12.2 Å². The van der Waals surface area contributed by atoms with Gasteiger partial charge in [-0.3, -0.25) is 14.1 Å². The van der Waals surface area contributed by atoms with Crippen molar-refractivity contribution in [2.24, 2.45) is 0 Å². The van der Waals surface area contributed by atoms with Crippen LogP contribution in [0.15, 0.2) is 60.7 Å². The topological polar surface area (TPSA) is 145 Å². The molecule has 0 saturated heterocycles. The maximum atomic E-state index is 12.8. The van der Waals surface area contributed by atoms with Gasteiger partial charge in [-0.25, -0.2) is 0 Å². The number of carbonyl (C=O) groups excluding carboxylic acids is 2. The molecule has 16 heteroatoms. The van der Waals surface area contributed by atoms with E-state index in [1.165, 1.54) is 11.1 Å². The average Bonchev–Trinajstić information content (AvgIpc) is 3.42. The van der Waals surface area contributed by atoms with Gasteiger partial charge < -0.3 is 61.3 Å². The number of hydrogen-bond donors (Lipinski definition) is 0. The number of allylic oxidation sites excluding steroid dienone is 2. The lowest BCUT2D eigenvalue weighted by molar-refractivity contribution is -0.941. The van der Waals surface area contributed by atoms with Crippen LogP contribution < -0.4 is 47.4 Å². The quantitative estimate of drug-likeness (QED) is 0.0242. The molecule has 0 radical (unpaired) electrons. The van der Waals surface area contributed by atoms with Crippen molar-refractivity contribution in [1.29, 1.82) is 0 Å². The number of esters is 2. The fraction of sp³-hybridized carbons (Fsp3) is 0.483. The number of fused-ring (bicyclic) bond motifs is 2. The molecule has 0 N–H and O–H groups in total. The van der Waals surface area contributed by atoms with E-state index in [0.717, 1.165) is 71.5 Å². The number of benzene rings is 4. The largest absolute Gasteiger partial charge is 0.493 e. The van der Waals surface area contributed by atoms with E-state index in [1.54, 1.807) is 71.1 Å². The predicted molar refractivity (Wildman–Crippen MR) is 284 cm³/mol. The van der Waals surface area contributed by atoms with Crippen LogP contribution in [0, 0.1) is 0 Å². The summed E-state index contributed by atoms with van der Waals surface area (Å²) in [6, 6.07) is 16.2. The van der Waals surface area contributed by atoms with Gasteiger partial charge in [0.25, 0.3) is 0 Å². The Balaban J connectivity index is 0.977. The van der Waals surface area contributed by atoms with Crippen molar-refractivity contribution in [1.82, 2.24) is 0 Å². The SMILES string of the molecule is COc1cc2c(cc1OC)C(=Cc1cc(OC)c(OC)c(OC)c1)[N+](C)(CCCOC(=O)CCC=CCCC(=O)OCCC[N+]1(C)CCc3cc(OC)c(OC)cc3C1Cc1cc(OC)c(OC)c(OC)c1)CC2. The fourth-order valence-electron chi connectivity index (χ4n) is 10.4. The number of carbonyl (C=O) groups is 2. The van der Waals surface area contributed by atoms with Crippen LogP contribution in [0.4, 0.5) is 0 Å². The Morgan fingerprint density at radius 3 is 1.50 bits per heavy atom. The van der Waals surface area contributed by atoms with E-state index < -0.39 is 0 Å². The van der Waals surface area contributed by atoms with E-state index in [9.17, 15) is 9.59 Å². The first-order valence-corrected chi connectivity index (χ1v) is 25.2.